The minimum absolute atomic E-state index is 0.0329. The molecule has 0 spiro atoms. The number of hydrogen-bond donors (Lipinski definition) is 3. The highest BCUT2D eigenvalue weighted by Crippen LogP contribution is 2.32. The average molecular weight is 463 g/mol. The van der Waals surface area contributed by atoms with E-state index in [2.05, 4.69) is 25.6 Å². The van der Waals surface area contributed by atoms with Crippen LogP contribution in [-0.2, 0) is 20.5 Å². The Morgan fingerprint density at radius 1 is 1.42 bits per heavy atom. The van der Waals surface area contributed by atoms with Gasteiger partial charge in [0.2, 0.25) is 5.91 Å². The molecule has 0 fully saturated rings. The summed E-state index contributed by atoms with van der Waals surface area (Å²) in [6.07, 6.45) is -3.87. The Kier molecular flexibility index (Phi) is 10.2. The molecule has 1 aromatic heterocycles. The molecular weight excluding hydrogens is 445 g/mol. The lowest BCUT2D eigenvalue weighted by Gasteiger charge is -2.10. The van der Waals surface area contributed by atoms with E-state index in [1.54, 1.807) is 6.07 Å². The number of nitrogens with zero attached hydrogens (tertiary/aromatic N) is 3. The number of alkyl halides is 3. The minimum Gasteiger partial charge on any atom is -0.450 e. The van der Waals surface area contributed by atoms with Crippen LogP contribution in [0.5, 0.6) is 0 Å². The minimum atomic E-state index is -4.56. The average Bonchev–Trinajstić information content (AvgIpc) is 2.68. The van der Waals surface area contributed by atoms with E-state index < -0.39 is 35.6 Å². The molecule has 1 rings (SSSR count). The summed E-state index contributed by atoms with van der Waals surface area (Å²) in [5.74, 6) is -2.91. The number of rotatable bonds is 9. The quantitative estimate of drug-likeness (QED) is 0.290. The number of hydrazone groups is 1. The van der Waals surface area contributed by atoms with Crippen molar-refractivity contribution in [3.63, 3.8) is 0 Å². The molecule has 0 aliphatic carbocycles. The van der Waals surface area contributed by atoms with Gasteiger partial charge in [-0.05, 0) is 19.4 Å². The molecule has 14 heteroatoms. The molecule has 1 heterocycles. The van der Waals surface area contributed by atoms with Gasteiger partial charge in [-0.15, -0.1) is 0 Å². The fourth-order valence-corrected chi connectivity index (χ4v) is 2.16. The third kappa shape index (κ3) is 9.30. The number of nitriles is 1. The molecule has 1 atom stereocenters. The zero-order valence-corrected chi connectivity index (χ0v) is 16.9. The van der Waals surface area contributed by atoms with E-state index in [9.17, 15) is 27.6 Å². The molecule has 0 saturated carbocycles. The number of carbonyl (C=O) groups excluding carboxylic acids is 3. The van der Waals surface area contributed by atoms with Gasteiger partial charge in [0.1, 0.15) is 5.82 Å². The molecule has 0 aromatic carbocycles. The number of aromatic nitrogens is 1. The van der Waals surface area contributed by atoms with E-state index in [1.165, 1.54) is 6.92 Å². The lowest BCUT2D eigenvalue weighted by Crippen LogP contribution is -2.36. The number of halogens is 4. The first kappa shape index (κ1) is 25.6. The van der Waals surface area contributed by atoms with Crippen molar-refractivity contribution in [2.24, 2.45) is 11.0 Å². The van der Waals surface area contributed by atoms with Gasteiger partial charge in [0.25, 0.3) is 5.91 Å². The third-order valence-electron chi connectivity index (χ3n) is 3.38. The van der Waals surface area contributed by atoms with Crippen LogP contribution in [0.4, 0.5) is 23.8 Å². The van der Waals surface area contributed by atoms with Crippen molar-refractivity contribution in [2.75, 3.05) is 18.5 Å². The molecule has 3 N–H and O–H groups in total. The van der Waals surface area contributed by atoms with E-state index >= 15 is 0 Å². The van der Waals surface area contributed by atoms with Gasteiger partial charge in [-0.2, -0.15) is 23.5 Å². The Bertz CT molecular complexity index is 872. The number of imide groups is 1. The zero-order chi connectivity index (χ0) is 23.4. The second-order valence-corrected chi connectivity index (χ2v) is 6.12. The Hall–Kier alpha value is -3.40. The normalized spacial score (nSPS) is 12.0. The third-order valence-corrected chi connectivity index (χ3v) is 3.66. The number of nitrogens with one attached hydrogen (secondary N) is 3. The largest absolute Gasteiger partial charge is 0.450 e. The summed E-state index contributed by atoms with van der Waals surface area (Å²) in [5, 5.41) is 16.7. The van der Waals surface area contributed by atoms with Gasteiger partial charge < -0.3 is 10.1 Å². The highest BCUT2D eigenvalue weighted by atomic mass is 35.5. The number of amides is 3. The molecule has 10 nitrogen and oxygen atoms in total. The highest BCUT2D eigenvalue weighted by molar-refractivity contribution is 6.32. The molecule has 1 aromatic rings. The number of hydrogen-bond acceptors (Lipinski definition) is 8. The van der Waals surface area contributed by atoms with Crippen LogP contribution >= 0.6 is 11.6 Å². The Balaban J connectivity index is 2.40. The topological polar surface area (TPSA) is 146 Å². The van der Waals surface area contributed by atoms with Crippen LogP contribution in [0.3, 0.4) is 0 Å². The maximum Gasteiger partial charge on any atom is 0.417 e. The maximum absolute atomic E-state index is 12.6. The van der Waals surface area contributed by atoms with Gasteiger partial charge in [0, 0.05) is 19.2 Å². The molecule has 1 unspecified atom stereocenters. The molecule has 0 aliphatic rings. The summed E-state index contributed by atoms with van der Waals surface area (Å²) in [6.45, 7) is 1.75. The molecule has 0 bridgehead atoms. The summed E-state index contributed by atoms with van der Waals surface area (Å²) in [4.78, 5) is 38.1. The predicted octanol–water partition coefficient (Wildman–Crippen LogP) is 2.46. The number of anilines is 1. The number of carbonyl (C=O) groups is 3. The highest BCUT2D eigenvalue weighted by Gasteiger charge is 2.31. The van der Waals surface area contributed by atoms with Gasteiger partial charge in [0.05, 0.1) is 29.5 Å². The van der Waals surface area contributed by atoms with Crippen molar-refractivity contribution >= 4 is 41.5 Å². The second-order valence-electron chi connectivity index (χ2n) is 5.71. The van der Waals surface area contributed by atoms with E-state index in [-0.39, 0.29) is 36.8 Å². The number of pyridine rings is 1. The van der Waals surface area contributed by atoms with Crippen molar-refractivity contribution in [1.29, 1.82) is 5.26 Å². The van der Waals surface area contributed by atoms with E-state index in [0.29, 0.717) is 6.20 Å². The summed E-state index contributed by atoms with van der Waals surface area (Å²) in [5.41, 5.74) is 1.12. The summed E-state index contributed by atoms with van der Waals surface area (Å²) < 4.78 is 42.2. The number of alkyl carbamates (subject to hydrolysis) is 1. The molecule has 168 valence electrons. The predicted molar refractivity (Wildman–Crippen MR) is 103 cm³/mol. The SMILES string of the molecule is CCOC(=O)NC(=O)C(C#N)/C=N/NC(=O)CCCNc1ncc(C(F)(F)F)cc1Cl. The molecule has 0 saturated heterocycles. The second kappa shape index (κ2) is 12.3. The van der Waals surface area contributed by atoms with Crippen LogP contribution in [0.15, 0.2) is 17.4 Å². The maximum atomic E-state index is 12.6. The Labute approximate surface area is 179 Å². The van der Waals surface area contributed by atoms with Gasteiger partial charge >= 0.3 is 12.3 Å². The first-order chi connectivity index (χ1) is 14.6. The van der Waals surface area contributed by atoms with Crippen LogP contribution in [0, 0.1) is 17.2 Å². The fourth-order valence-electron chi connectivity index (χ4n) is 1.92. The van der Waals surface area contributed by atoms with Crippen LogP contribution in [0.25, 0.3) is 0 Å². The standard InChI is InChI=1S/C17H18ClF3N6O4/c1-2-31-16(30)26-15(29)10(7-22)8-25-27-13(28)4-3-5-23-14-12(18)6-11(9-24-14)17(19,20)21/h6,8-10H,2-5H2,1H3,(H,23,24)(H,27,28)(H,26,29,30)/b25-8+. The van der Waals surface area contributed by atoms with Crippen LogP contribution < -0.4 is 16.1 Å². The van der Waals surface area contributed by atoms with Gasteiger partial charge in [-0.25, -0.2) is 15.2 Å². The van der Waals surface area contributed by atoms with Crippen molar-refractivity contribution in [3.05, 3.63) is 22.8 Å². The van der Waals surface area contributed by atoms with Crippen LogP contribution in [-0.4, -0.2) is 42.3 Å². The van der Waals surface area contributed by atoms with Crippen LogP contribution in [0.2, 0.25) is 5.02 Å². The lowest BCUT2D eigenvalue weighted by molar-refractivity contribution is -0.137. The van der Waals surface area contributed by atoms with Crippen molar-refractivity contribution in [3.8, 4) is 6.07 Å². The molecule has 0 aliphatic heterocycles. The summed E-state index contributed by atoms with van der Waals surface area (Å²) in [7, 11) is 0. The molecular formula is C17H18ClF3N6O4. The summed E-state index contributed by atoms with van der Waals surface area (Å²) in [6, 6.07) is 2.33. The molecule has 3 amide bonds. The Morgan fingerprint density at radius 2 is 2.13 bits per heavy atom. The first-order valence-corrected chi connectivity index (χ1v) is 9.12. The van der Waals surface area contributed by atoms with Crippen molar-refractivity contribution in [1.82, 2.24) is 15.7 Å². The monoisotopic (exact) mass is 462 g/mol. The van der Waals surface area contributed by atoms with Crippen molar-refractivity contribution < 1.29 is 32.3 Å². The smallest absolute Gasteiger partial charge is 0.417 e. The van der Waals surface area contributed by atoms with Crippen molar-refractivity contribution in [2.45, 2.75) is 25.9 Å². The number of ether oxygens (including phenoxy) is 1. The van der Waals surface area contributed by atoms with E-state index in [1.807, 2.05) is 5.32 Å². The zero-order valence-electron chi connectivity index (χ0n) is 16.1. The van der Waals surface area contributed by atoms with E-state index in [0.717, 1.165) is 12.3 Å². The van der Waals surface area contributed by atoms with Gasteiger partial charge in [-0.3, -0.25) is 14.9 Å². The van der Waals surface area contributed by atoms with Gasteiger partial charge in [-0.1, -0.05) is 11.6 Å². The van der Waals surface area contributed by atoms with Gasteiger partial charge in [0.15, 0.2) is 5.92 Å². The molecule has 31 heavy (non-hydrogen) atoms. The molecule has 0 radical (unpaired) electrons. The summed E-state index contributed by atoms with van der Waals surface area (Å²) >= 11 is 5.75. The lowest BCUT2D eigenvalue weighted by atomic mass is 10.2. The Morgan fingerprint density at radius 3 is 2.71 bits per heavy atom. The fraction of sp³-hybridized carbons (Fsp3) is 0.412. The van der Waals surface area contributed by atoms with E-state index in [4.69, 9.17) is 16.9 Å². The first-order valence-electron chi connectivity index (χ1n) is 8.74. The van der Waals surface area contributed by atoms with Crippen LogP contribution in [0.1, 0.15) is 25.3 Å².